The molecule has 0 saturated carbocycles. The molecule has 1 aromatic carbocycles. The summed E-state index contributed by atoms with van der Waals surface area (Å²) in [5.74, 6) is 0.664. The fraction of sp³-hybridized carbons (Fsp3) is 0.263. The van der Waals surface area contributed by atoms with Crippen molar-refractivity contribution in [2.24, 2.45) is 0 Å². The highest BCUT2D eigenvalue weighted by Gasteiger charge is 2.32. The molecule has 4 rings (SSSR count). The molecule has 0 bridgehead atoms. The molecule has 1 aliphatic heterocycles. The highest BCUT2D eigenvalue weighted by molar-refractivity contribution is 5.60. The van der Waals surface area contributed by atoms with Crippen LogP contribution in [0.25, 0.3) is 11.4 Å². The fourth-order valence-electron chi connectivity index (χ4n) is 3.28. The number of benzene rings is 1. The monoisotopic (exact) mass is 391 g/mol. The quantitative estimate of drug-likeness (QED) is 0.687. The maximum Gasteiger partial charge on any atom is 0.416 e. The van der Waals surface area contributed by atoms with Crippen molar-refractivity contribution in [1.82, 2.24) is 15.0 Å². The Labute approximate surface area is 158 Å². The second-order valence-electron chi connectivity index (χ2n) is 6.48. The Morgan fingerprint density at radius 3 is 2.29 bits per heavy atom. The minimum Gasteiger partial charge on any atom is -0.366 e. The lowest BCUT2D eigenvalue weighted by atomic mass is 10.1. The van der Waals surface area contributed by atoms with Gasteiger partial charge in [0.15, 0.2) is 0 Å². The lowest BCUT2D eigenvalue weighted by molar-refractivity contribution is -0.137. The standard InChI is InChI=1S/C19H17F4N5/c20-15-12-14(19(21,22)23)1-2-16(15)27-7-9-28(10-8-27)17-11-13(3-4-24-17)18-25-5-6-26-18/h1-6,11-12H,7-10H2,(H,25,26). The van der Waals surface area contributed by atoms with E-state index in [0.29, 0.717) is 32.2 Å². The second-order valence-corrected chi connectivity index (χ2v) is 6.48. The van der Waals surface area contributed by atoms with E-state index in [2.05, 4.69) is 19.9 Å². The van der Waals surface area contributed by atoms with E-state index in [1.165, 1.54) is 6.07 Å². The van der Waals surface area contributed by atoms with Gasteiger partial charge in [-0.3, -0.25) is 0 Å². The molecule has 0 radical (unpaired) electrons. The summed E-state index contributed by atoms with van der Waals surface area (Å²) in [7, 11) is 0. The van der Waals surface area contributed by atoms with Crippen molar-refractivity contribution in [1.29, 1.82) is 0 Å². The third kappa shape index (κ3) is 3.64. The topological polar surface area (TPSA) is 48.0 Å². The summed E-state index contributed by atoms with van der Waals surface area (Å²) in [6.07, 6.45) is 0.567. The van der Waals surface area contributed by atoms with E-state index in [9.17, 15) is 17.6 Å². The highest BCUT2D eigenvalue weighted by Crippen LogP contribution is 2.32. The summed E-state index contributed by atoms with van der Waals surface area (Å²) in [5, 5.41) is 0. The largest absolute Gasteiger partial charge is 0.416 e. The van der Waals surface area contributed by atoms with E-state index in [1.54, 1.807) is 23.5 Å². The van der Waals surface area contributed by atoms with E-state index in [1.807, 2.05) is 12.1 Å². The van der Waals surface area contributed by atoms with Gasteiger partial charge < -0.3 is 14.8 Å². The van der Waals surface area contributed by atoms with Gasteiger partial charge >= 0.3 is 6.18 Å². The second kappa shape index (κ2) is 7.14. The summed E-state index contributed by atoms with van der Waals surface area (Å²) < 4.78 is 52.4. The minimum atomic E-state index is -4.55. The van der Waals surface area contributed by atoms with Crippen molar-refractivity contribution in [2.75, 3.05) is 36.0 Å². The van der Waals surface area contributed by atoms with Crippen LogP contribution in [0.1, 0.15) is 5.56 Å². The van der Waals surface area contributed by atoms with E-state index in [4.69, 9.17) is 0 Å². The van der Waals surface area contributed by atoms with Crippen molar-refractivity contribution in [3.63, 3.8) is 0 Å². The normalized spacial score (nSPS) is 15.1. The predicted octanol–water partition coefficient (Wildman–Crippen LogP) is 3.96. The van der Waals surface area contributed by atoms with E-state index >= 15 is 0 Å². The van der Waals surface area contributed by atoms with Gasteiger partial charge in [-0.15, -0.1) is 0 Å². The molecule has 5 nitrogen and oxygen atoms in total. The van der Waals surface area contributed by atoms with Gasteiger partial charge in [-0.2, -0.15) is 13.2 Å². The number of halogens is 4. The Balaban J connectivity index is 1.46. The highest BCUT2D eigenvalue weighted by atomic mass is 19.4. The number of anilines is 2. The van der Waals surface area contributed by atoms with E-state index in [-0.39, 0.29) is 5.69 Å². The third-order valence-corrected chi connectivity index (χ3v) is 4.74. The average Bonchev–Trinajstić information content (AvgIpc) is 3.22. The van der Waals surface area contributed by atoms with Gasteiger partial charge in [0.25, 0.3) is 0 Å². The first-order valence-corrected chi connectivity index (χ1v) is 8.74. The zero-order valence-corrected chi connectivity index (χ0v) is 14.7. The van der Waals surface area contributed by atoms with E-state index < -0.39 is 17.6 Å². The number of piperazine rings is 1. The first-order valence-electron chi connectivity index (χ1n) is 8.74. The molecule has 0 unspecified atom stereocenters. The number of aromatic amines is 1. The summed E-state index contributed by atoms with van der Waals surface area (Å²) in [4.78, 5) is 15.5. The van der Waals surface area contributed by atoms with Gasteiger partial charge in [0.2, 0.25) is 0 Å². The lowest BCUT2D eigenvalue weighted by Gasteiger charge is -2.37. The molecule has 28 heavy (non-hydrogen) atoms. The molecule has 0 spiro atoms. The average molecular weight is 391 g/mol. The maximum atomic E-state index is 14.2. The molecule has 146 valence electrons. The van der Waals surface area contributed by atoms with Crippen LogP contribution in [0.2, 0.25) is 0 Å². The Morgan fingerprint density at radius 1 is 0.893 bits per heavy atom. The summed E-state index contributed by atoms with van der Waals surface area (Å²) >= 11 is 0. The molecule has 1 N–H and O–H groups in total. The molecule has 3 heterocycles. The van der Waals surface area contributed by atoms with Gasteiger partial charge in [-0.25, -0.2) is 14.4 Å². The smallest absolute Gasteiger partial charge is 0.366 e. The number of pyridine rings is 1. The van der Waals surface area contributed by atoms with Crippen LogP contribution in [-0.4, -0.2) is 41.1 Å². The van der Waals surface area contributed by atoms with Crippen molar-refractivity contribution in [2.45, 2.75) is 6.18 Å². The number of H-pyrrole nitrogens is 1. The van der Waals surface area contributed by atoms with Gasteiger partial charge in [0, 0.05) is 50.3 Å². The number of nitrogens with one attached hydrogen (secondary N) is 1. The van der Waals surface area contributed by atoms with E-state index in [0.717, 1.165) is 23.3 Å². The molecule has 1 aliphatic rings. The summed E-state index contributed by atoms with van der Waals surface area (Å²) in [6, 6.07) is 6.45. The van der Waals surface area contributed by atoms with Gasteiger partial charge in [-0.1, -0.05) is 0 Å². The Kier molecular flexibility index (Phi) is 4.66. The molecule has 0 aliphatic carbocycles. The molecule has 3 aromatic rings. The predicted molar refractivity (Wildman–Crippen MR) is 97.6 cm³/mol. The molecule has 9 heteroatoms. The number of aromatic nitrogens is 3. The van der Waals surface area contributed by atoms with Crippen molar-refractivity contribution >= 4 is 11.5 Å². The molecule has 0 atom stereocenters. The Bertz CT molecular complexity index is 947. The van der Waals surface area contributed by atoms with Crippen molar-refractivity contribution in [3.8, 4) is 11.4 Å². The first kappa shape index (κ1) is 18.3. The van der Waals surface area contributed by atoms with Crippen LogP contribution in [0.5, 0.6) is 0 Å². The van der Waals surface area contributed by atoms with Crippen LogP contribution in [0.4, 0.5) is 29.1 Å². The fourth-order valence-corrected chi connectivity index (χ4v) is 3.28. The van der Waals surface area contributed by atoms with Crippen LogP contribution in [-0.2, 0) is 6.18 Å². The zero-order chi connectivity index (χ0) is 19.7. The minimum absolute atomic E-state index is 0.185. The SMILES string of the molecule is Fc1cc(C(F)(F)F)ccc1N1CCN(c2cc(-c3ncc[nH]3)ccn2)CC1. The van der Waals surface area contributed by atoms with Crippen LogP contribution in [0, 0.1) is 5.82 Å². The molecule has 1 saturated heterocycles. The number of nitrogens with zero attached hydrogens (tertiary/aromatic N) is 4. The van der Waals surface area contributed by atoms with Gasteiger partial charge in [0.05, 0.1) is 11.3 Å². The first-order chi connectivity index (χ1) is 13.4. The lowest BCUT2D eigenvalue weighted by Crippen LogP contribution is -2.47. The third-order valence-electron chi connectivity index (χ3n) is 4.74. The molecular weight excluding hydrogens is 374 g/mol. The number of imidazole rings is 1. The number of rotatable bonds is 3. The molecule has 1 fully saturated rings. The Morgan fingerprint density at radius 2 is 1.64 bits per heavy atom. The molecule has 0 amide bonds. The van der Waals surface area contributed by atoms with Crippen LogP contribution >= 0.6 is 0 Å². The molecular formula is C19H17F4N5. The van der Waals surface area contributed by atoms with Gasteiger partial charge in [-0.05, 0) is 30.3 Å². The summed E-state index contributed by atoms with van der Waals surface area (Å²) in [6.45, 7) is 2.12. The Hall–Kier alpha value is -3.10. The van der Waals surface area contributed by atoms with Crippen molar-refractivity contribution in [3.05, 3.63) is 60.3 Å². The zero-order valence-electron chi connectivity index (χ0n) is 14.7. The van der Waals surface area contributed by atoms with Crippen LogP contribution < -0.4 is 9.80 Å². The molecule has 2 aromatic heterocycles. The van der Waals surface area contributed by atoms with Crippen LogP contribution in [0.15, 0.2) is 48.9 Å². The van der Waals surface area contributed by atoms with Crippen molar-refractivity contribution < 1.29 is 17.6 Å². The van der Waals surface area contributed by atoms with Crippen LogP contribution in [0.3, 0.4) is 0 Å². The van der Waals surface area contributed by atoms with Gasteiger partial charge in [0.1, 0.15) is 17.5 Å². The number of hydrogen-bond acceptors (Lipinski definition) is 4. The maximum absolute atomic E-state index is 14.2. The number of alkyl halides is 3. The summed E-state index contributed by atoms with van der Waals surface area (Å²) in [5.41, 5.74) is 0.113. The number of hydrogen-bond donors (Lipinski definition) is 1.